The average Bonchev–Trinajstić information content (AvgIpc) is 3.95. The van der Waals surface area contributed by atoms with E-state index in [1.807, 2.05) is 37.5 Å². The number of nitrogens with zero attached hydrogens (tertiary/aromatic N) is 7. The number of carbonyl (C=O) groups excluding carboxylic acids is 4. The van der Waals surface area contributed by atoms with Crippen LogP contribution in [0.25, 0.3) is 22.1 Å². The predicted octanol–water partition coefficient (Wildman–Crippen LogP) is 2.17. The third-order valence-electron chi connectivity index (χ3n) is 10.2. The van der Waals surface area contributed by atoms with E-state index in [-0.39, 0.29) is 41.8 Å². The molecule has 340 valence electrons. The van der Waals surface area contributed by atoms with E-state index in [9.17, 15) is 19.2 Å². The molecule has 0 unspecified atom stereocenters. The SMILES string of the molecule is CCN=C(/C=C(/C)N)C(=O)Nc1[nH]c2cc(C(N)=O)cc(OCCCN3CCOCC3)c2[n+]1C/C=C/Cn1c(NC(=O)c2cc(C)nn2CC)nc2cc(C(=O)NNC)cc(OC)c21. The number of amides is 4. The Labute approximate surface area is 369 Å². The number of nitrogens with two attached hydrogens (primary N) is 2. The standard InChI is InChI=1S/C43H56N14O7/c1-7-47-32(20-26(3)44)40(60)50-42-48-30-22-28(38(45)58)24-35(64-17-11-12-54-15-18-63-19-16-54)37(30)56(42)14-10-9-13-55-36-31(23-29(25-34(36)62-6)39(59)52-46-5)49-43(55)51-41(61)33-21-27(4)53-57(33)8-2/h9-10,20-25H,7-8,11-19H2,1-6H3,(H8,44,45,46,47,48,49,50,51,52,53,58,59,60,61)/p+1/b10-9+. The number of ether oxygens (including phenoxy) is 3. The van der Waals surface area contributed by atoms with Crippen molar-refractivity contribution in [2.24, 2.45) is 16.5 Å². The number of hydrogen-bond donors (Lipinski definition) is 7. The van der Waals surface area contributed by atoms with Crippen molar-refractivity contribution in [1.29, 1.82) is 0 Å². The van der Waals surface area contributed by atoms with Crippen molar-refractivity contribution in [3.8, 4) is 11.5 Å². The molecule has 0 bridgehead atoms. The zero-order valence-electron chi connectivity index (χ0n) is 37.0. The summed E-state index contributed by atoms with van der Waals surface area (Å²) in [6.07, 6.45) is 5.93. The first-order valence-electron chi connectivity index (χ1n) is 21.0. The van der Waals surface area contributed by atoms with Gasteiger partial charge in [-0.15, -0.1) is 0 Å². The molecule has 4 amide bonds. The molecular formula is C43H57N14O7+. The molecule has 0 aliphatic carbocycles. The van der Waals surface area contributed by atoms with Crippen molar-refractivity contribution in [1.82, 2.24) is 40.1 Å². The van der Waals surface area contributed by atoms with Crippen molar-refractivity contribution in [3.63, 3.8) is 0 Å². The molecular weight excluding hydrogens is 825 g/mol. The number of morpholine rings is 1. The molecule has 21 nitrogen and oxygen atoms in total. The van der Waals surface area contributed by atoms with E-state index in [0.29, 0.717) is 90.0 Å². The number of hydrazine groups is 1. The summed E-state index contributed by atoms with van der Waals surface area (Å²) >= 11 is 0. The summed E-state index contributed by atoms with van der Waals surface area (Å²) < 4.78 is 22.8. The molecule has 64 heavy (non-hydrogen) atoms. The maximum atomic E-state index is 13.8. The molecule has 4 heterocycles. The molecule has 0 spiro atoms. The number of anilines is 2. The second-order valence-corrected chi connectivity index (χ2v) is 14.9. The third-order valence-corrected chi connectivity index (χ3v) is 10.2. The van der Waals surface area contributed by atoms with Gasteiger partial charge in [-0.1, -0.05) is 12.2 Å². The van der Waals surface area contributed by atoms with Gasteiger partial charge in [-0.2, -0.15) is 5.10 Å². The van der Waals surface area contributed by atoms with E-state index in [4.69, 9.17) is 30.7 Å². The Hall–Kier alpha value is -7.10. The minimum absolute atomic E-state index is 0.125. The molecule has 1 aliphatic heterocycles. The zero-order chi connectivity index (χ0) is 45.9. The molecule has 5 aromatic rings. The third kappa shape index (κ3) is 10.9. The Morgan fingerprint density at radius 3 is 2.47 bits per heavy atom. The lowest BCUT2D eigenvalue weighted by Gasteiger charge is -2.26. The van der Waals surface area contributed by atoms with Crippen LogP contribution in [0.2, 0.25) is 0 Å². The summed E-state index contributed by atoms with van der Waals surface area (Å²) in [5.74, 6) is -0.805. The quantitative estimate of drug-likeness (QED) is 0.0195. The average molecular weight is 882 g/mol. The van der Waals surface area contributed by atoms with Crippen molar-refractivity contribution in [2.75, 3.05) is 70.8 Å². The number of fused-ring (bicyclic) bond motifs is 2. The minimum Gasteiger partial charge on any atom is -0.494 e. The van der Waals surface area contributed by atoms with Crippen LogP contribution in [0.15, 0.2) is 59.2 Å². The van der Waals surface area contributed by atoms with E-state index < -0.39 is 23.6 Å². The van der Waals surface area contributed by atoms with E-state index in [1.54, 1.807) is 53.6 Å². The molecule has 6 rings (SSSR count). The van der Waals surface area contributed by atoms with E-state index >= 15 is 0 Å². The largest absolute Gasteiger partial charge is 0.494 e. The van der Waals surface area contributed by atoms with Crippen LogP contribution in [0, 0.1) is 6.92 Å². The number of rotatable bonds is 20. The van der Waals surface area contributed by atoms with Crippen molar-refractivity contribution >= 4 is 63.3 Å². The Morgan fingerprint density at radius 1 is 1.02 bits per heavy atom. The van der Waals surface area contributed by atoms with Gasteiger partial charge in [0.05, 0.1) is 44.7 Å². The molecule has 21 heteroatoms. The van der Waals surface area contributed by atoms with Crippen LogP contribution in [-0.2, 0) is 29.2 Å². The fourth-order valence-electron chi connectivity index (χ4n) is 7.33. The molecule has 9 N–H and O–H groups in total. The first-order valence-corrected chi connectivity index (χ1v) is 21.0. The van der Waals surface area contributed by atoms with Gasteiger partial charge in [0, 0.05) is 63.1 Å². The molecule has 2 aromatic carbocycles. The van der Waals surface area contributed by atoms with Gasteiger partial charge in [0.25, 0.3) is 11.8 Å². The molecule has 1 fully saturated rings. The fraction of sp³-hybridized carbons (Fsp3) is 0.395. The number of primary amides is 1. The van der Waals surface area contributed by atoms with Crippen molar-refractivity contribution in [3.05, 3.63) is 76.8 Å². The smallest absolute Gasteiger partial charge is 0.363 e. The topological polar surface area (TPSA) is 267 Å². The number of benzene rings is 2. The van der Waals surface area contributed by atoms with Crippen molar-refractivity contribution in [2.45, 2.75) is 53.8 Å². The number of aromatic nitrogens is 6. The maximum absolute atomic E-state index is 13.8. The summed E-state index contributed by atoms with van der Waals surface area (Å²) in [5, 5.41) is 10.3. The lowest BCUT2D eigenvalue weighted by Crippen LogP contribution is -2.38. The number of aromatic amines is 1. The van der Waals surface area contributed by atoms with Gasteiger partial charge in [0.15, 0.2) is 11.3 Å². The van der Waals surface area contributed by atoms with Gasteiger partial charge in [-0.3, -0.25) is 39.7 Å². The van der Waals surface area contributed by atoms with Crippen LogP contribution in [0.5, 0.6) is 11.5 Å². The highest BCUT2D eigenvalue weighted by Gasteiger charge is 2.27. The van der Waals surface area contributed by atoms with E-state index in [1.165, 1.54) is 13.2 Å². The molecule has 0 radical (unpaired) electrons. The highest BCUT2D eigenvalue weighted by atomic mass is 16.5. The second kappa shape index (κ2) is 21.3. The summed E-state index contributed by atoms with van der Waals surface area (Å²) in [5.41, 5.74) is 21.0. The van der Waals surface area contributed by atoms with E-state index in [2.05, 4.69) is 41.5 Å². The second-order valence-electron chi connectivity index (χ2n) is 14.9. The highest BCUT2D eigenvalue weighted by molar-refractivity contribution is 6.47. The molecule has 0 saturated carbocycles. The Morgan fingerprint density at radius 2 is 1.78 bits per heavy atom. The Balaban J connectivity index is 1.39. The monoisotopic (exact) mass is 881 g/mol. The number of allylic oxidation sites excluding steroid dienone is 3. The number of nitrogens with one attached hydrogen (secondary N) is 5. The van der Waals surface area contributed by atoms with Crippen LogP contribution >= 0.6 is 0 Å². The maximum Gasteiger partial charge on any atom is 0.363 e. The molecule has 1 saturated heterocycles. The number of aliphatic imine (C=N–C) groups is 1. The number of carbonyl (C=O) groups is 4. The van der Waals surface area contributed by atoms with Gasteiger partial charge in [0.1, 0.15) is 28.2 Å². The number of methoxy groups -OCH3 is 1. The summed E-state index contributed by atoms with van der Waals surface area (Å²) in [6.45, 7) is 12.5. The van der Waals surface area contributed by atoms with Crippen LogP contribution in [-0.4, -0.2) is 119 Å². The number of hydrogen-bond acceptors (Lipinski definition) is 13. The summed E-state index contributed by atoms with van der Waals surface area (Å²) in [7, 11) is 3.06. The number of imidazole rings is 2. The van der Waals surface area contributed by atoms with Gasteiger partial charge < -0.3 is 30.2 Å². The van der Waals surface area contributed by atoms with Crippen LogP contribution in [0.4, 0.5) is 11.9 Å². The number of aryl methyl sites for hydroxylation is 2. The van der Waals surface area contributed by atoms with Crippen molar-refractivity contribution < 1.29 is 38.0 Å². The van der Waals surface area contributed by atoms with Gasteiger partial charge >= 0.3 is 11.9 Å². The first-order chi connectivity index (χ1) is 30.8. The summed E-state index contributed by atoms with van der Waals surface area (Å²) in [6, 6.07) is 8.10. The Kier molecular flexibility index (Phi) is 15.5. The van der Waals surface area contributed by atoms with Gasteiger partial charge in [-0.05, 0) is 70.5 Å². The number of H-pyrrole nitrogens is 1. The highest BCUT2D eigenvalue weighted by Crippen LogP contribution is 2.31. The lowest BCUT2D eigenvalue weighted by atomic mass is 10.1. The molecule has 1 aliphatic rings. The van der Waals surface area contributed by atoms with Crippen LogP contribution in [0.1, 0.15) is 64.1 Å². The van der Waals surface area contributed by atoms with Crippen LogP contribution < -0.4 is 47.0 Å². The predicted molar refractivity (Wildman–Crippen MR) is 241 cm³/mol. The molecule has 0 atom stereocenters. The van der Waals surface area contributed by atoms with Crippen LogP contribution in [0.3, 0.4) is 0 Å². The van der Waals surface area contributed by atoms with Gasteiger partial charge in [0.2, 0.25) is 11.9 Å². The molecule has 3 aromatic heterocycles. The Bertz CT molecular complexity index is 2610. The normalized spacial score (nSPS) is 13.8. The van der Waals surface area contributed by atoms with E-state index in [0.717, 1.165) is 19.6 Å². The lowest BCUT2D eigenvalue weighted by molar-refractivity contribution is -0.646. The zero-order valence-corrected chi connectivity index (χ0v) is 37.0. The minimum atomic E-state index is -0.650. The summed E-state index contributed by atoms with van der Waals surface area (Å²) in [4.78, 5) is 67.6. The first kappa shape index (κ1) is 46.4. The van der Waals surface area contributed by atoms with Gasteiger partial charge in [-0.25, -0.2) is 30.1 Å². The fourth-order valence-corrected chi connectivity index (χ4v) is 7.33.